The van der Waals surface area contributed by atoms with Gasteiger partial charge in [0.1, 0.15) is 17.1 Å². The second-order valence-electron chi connectivity index (χ2n) is 4.49. The average Bonchev–Trinajstić information content (AvgIpc) is 2.41. The predicted molar refractivity (Wildman–Crippen MR) is 75.9 cm³/mol. The molecule has 108 valence electrons. The average molecular weight is 287 g/mol. The fourth-order valence-corrected chi connectivity index (χ4v) is 1.74. The Labute approximate surface area is 120 Å². The Balaban J connectivity index is 2.21. The SMILES string of the molecule is Cc1ccc(C(=O)Nc2ccc(C(=O)O)c(O)c2)cc1O. The van der Waals surface area contributed by atoms with Crippen molar-refractivity contribution in [3.05, 3.63) is 53.1 Å². The van der Waals surface area contributed by atoms with E-state index >= 15 is 0 Å². The van der Waals surface area contributed by atoms with Crippen LogP contribution in [0, 0.1) is 6.92 Å². The second kappa shape index (κ2) is 5.54. The highest BCUT2D eigenvalue weighted by Crippen LogP contribution is 2.23. The Morgan fingerprint density at radius 1 is 1.00 bits per heavy atom. The van der Waals surface area contributed by atoms with E-state index in [0.717, 1.165) is 6.07 Å². The minimum absolute atomic E-state index is 0.00622. The molecule has 0 heterocycles. The number of aryl methyl sites for hydroxylation is 1. The first-order valence-electron chi connectivity index (χ1n) is 6.06. The van der Waals surface area contributed by atoms with E-state index in [9.17, 15) is 19.8 Å². The molecule has 6 nitrogen and oxygen atoms in total. The van der Waals surface area contributed by atoms with Gasteiger partial charge in [-0.2, -0.15) is 0 Å². The summed E-state index contributed by atoms with van der Waals surface area (Å²) in [7, 11) is 0. The molecule has 2 rings (SSSR count). The molecule has 0 unspecified atom stereocenters. The Morgan fingerprint density at radius 3 is 2.29 bits per heavy atom. The van der Waals surface area contributed by atoms with Crippen LogP contribution in [0.25, 0.3) is 0 Å². The zero-order valence-electron chi connectivity index (χ0n) is 11.1. The van der Waals surface area contributed by atoms with Gasteiger partial charge in [-0.1, -0.05) is 6.07 Å². The van der Waals surface area contributed by atoms with Crippen molar-refractivity contribution in [3.63, 3.8) is 0 Å². The molecule has 4 N–H and O–H groups in total. The third-order valence-corrected chi connectivity index (χ3v) is 2.96. The lowest BCUT2D eigenvalue weighted by molar-refractivity contribution is 0.0693. The van der Waals surface area contributed by atoms with E-state index in [2.05, 4.69) is 5.32 Å². The van der Waals surface area contributed by atoms with Gasteiger partial charge in [-0.3, -0.25) is 4.79 Å². The van der Waals surface area contributed by atoms with Crippen LogP contribution in [0.15, 0.2) is 36.4 Å². The molecule has 0 aliphatic heterocycles. The fraction of sp³-hybridized carbons (Fsp3) is 0.0667. The van der Waals surface area contributed by atoms with Crippen LogP contribution in [0.5, 0.6) is 11.5 Å². The molecule has 0 aliphatic rings. The van der Waals surface area contributed by atoms with Crippen molar-refractivity contribution < 1.29 is 24.9 Å². The van der Waals surface area contributed by atoms with Crippen LogP contribution in [-0.4, -0.2) is 27.2 Å². The highest BCUT2D eigenvalue weighted by molar-refractivity contribution is 6.05. The van der Waals surface area contributed by atoms with Crippen molar-refractivity contribution in [2.75, 3.05) is 5.32 Å². The number of carboxylic acids is 1. The fourth-order valence-electron chi connectivity index (χ4n) is 1.74. The van der Waals surface area contributed by atoms with Crippen molar-refractivity contribution in [2.45, 2.75) is 6.92 Å². The molecule has 0 saturated carbocycles. The first-order valence-corrected chi connectivity index (χ1v) is 6.06. The van der Waals surface area contributed by atoms with Gasteiger partial charge in [-0.15, -0.1) is 0 Å². The lowest BCUT2D eigenvalue weighted by Gasteiger charge is -2.08. The molecule has 0 fully saturated rings. The van der Waals surface area contributed by atoms with Crippen LogP contribution in [-0.2, 0) is 0 Å². The standard InChI is InChI=1S/C15H13NO5/c1-8-2-3-9(6-12(8)17)14(19)16-10-4-5-11(15(20)21)13(18)7-10/h2-7,17-18H,1H3,(H,16,19)(H,20,21). The van der Waals surface area contributed by atoms with Gasteiger partial charge in [0.05, 0.1) is 0 Å². The summed E-state index contributed by atoms with van der Waals surface area (Å²) >= 11 is 0. The highest BCUT2D eigenvalue weighted by atomic mass is 16.4. The molecular weight excluding hydrogens is 274 g/mol. The van der Waals surface area contributed by atoms with Crippen molar-refractivity contribution in [1.29, 1.82) is 0 Å². The molecule has 0 radical (unpaired) electrons. The third-order valence-electron chi connectivity index (χ3n) is 2.96. The summed E-state index contributed by atoms with van der Waals surface area (Å²) in [6.45, 7) is 1.71. The first-order chi connectivity index (χ1) is 9.88. The number of hydrogen-bond donors (Lipinski definition) is 4. The highest BCUT2D eigenvalue weighted by Gasteiger charge is 2.12. The maximum atomic E-state index is 12.0. The number of hydrogen-bond acceptors (Lipinski definition) is 4. The maximum absolute atomic E-state index is 12.0. The number of benzene rings is 2. The molecular formula is C15H13NO5. The van der Waals surface area contributed by atoms with Crippen molar-refractivity contribution in [1.82, 2.24) is 0 Å². The molecule has 1 amide bonds. The van der Waals surface area contributed by atoms with Gasteiger partial charge in [0.15, 0.2) is 0 Å². The number of rotatable bonds is 3. The van der Waals surface area contributed by atoms with E-state index in [0.29, 0.717) is 5.56 Å². The molecule has 6 heteroatoms. The van der Waals surface area contributed by atoms with Gasteiger partial charge in [0, 0.05) is 17.3 Å². The summed E-state index contributed by atoms with van der Waals surface area (Å²) in [5.74, 6) is -2.17. The van der Waals surface area contributed by atoms with Crippen molar-refractivity contribution in [3.8, 4) is 11.5 Å². The van der Waals surface area contributed by atoms with Crippen LogP contribution in [0.3, 0.4) is 0 Å². The van der Waals surface area contributed by atoms with Gasteiger partial charge in [-0.25, -0.2) is 4.79 Å². The molecule has 21 heavy (non-hydrogen) atoms. The van der Waals surface area contributed by atoms with E-state index < -0.39 is 17.6 Å². The van der Waals surface area contributed by atoms with Crippen LogP contribution in [0.4, 0.5) is 5.69 Å². The summed E-state index contributed by atoms with van der Waals surface area (Å²) in [6.07, 6.45) is 0. The van der Waals surface area contributed by atoms with Crippen LogP contribution in [0.2, 0.25) is 0 Å². The topological polar surface area (TPSA) is 107 Å². The van der Waals surface area contributed by atoms with Crippen LogP contribution < -0.4 is 5.32 Å². The molecule has 0 aliphatic carbocycles. The Kier molecular flexibility index (Phi) is 3.80. The van der Waals surface area contributed by atoms with Gasteiger partial charge < -0.3 is 20.6 Å². The van der Waals surface area contributed by atoms with Crippen molar-refractivity contribution >= 4 is 17.6 Å². The zero-order valence-corrected chi connectivity index (χ0v) is 11.1. The summed E-state index contributed by atoms with van der Waals surface area (Å²) in [5.41, 5.74) is 0.901. The number of anilines is 1. The number of aromatic hydroxyl groups is 2. The number of phenolic OH excluding ortho intramolecular Hbond substituents is 1. The number of phenols is 2. The van der Waals surface area contributed by atoms with Gasteiger partial charge in [0.2, 0.25) is 0 Å². The summed E-state index contributed by atoms with van der Waals surface area (Å²) in [6, 6.07) is 8.20. The number of aromatic carboxylic acids is 1. The lowest BCUT2D eigenvalue weighted by atomic mass is 10.1. The maximum Gasteiger partial charge on any atom is 0.339 e. The molecule has 2 aromatic rings. The van der Waals surface area contributed by atoms with Crippen LogP contribution >= 0.6 is 0 Å². The monoisotopic (exact) mass is 287 g/mol. The molecule has 0 saturated heterocycles. The zero-order chi connectivity index (χ0) is 15.6. The third kappa shape index (κ3) is 3.11. The number of nitrogens with one attached hydrogen (secondary N) is 1. The van der Waals surface area contributed by atoms with Gasteiger partial charge >= 0.3 is 5.97 Å². The predicted octanol–water partition coefficient (Wildman–Crippen LogP) is 2.36. The number of amides is 1. The summed E-state index contributed by atoms with van der Waals surface area (Å²) in [4.78, 5) is 22.8. The molecule has 0 atom stereocenters. The van der Waals surface area contributed by atoms with E-state index in [-0.39, 0.29) is 22.6 Å². The smallest absolute Gasteiger partial charge is 0.339 e. The largest absolute Gasteiger partial charge is 0.508 e. The second-order valence-corrected chi connectivity index (χ2v) is 4.49. The number of carbonyl (C=O) groups excluding carboxylic acids is 1. The minimum Gasteiger partial charge on any atom is -0.508 e. The van der Waals surface area contributed by atoms with Gasteiger partial charge in [0.25, 0.3) is 5.91 Å². The minimum atomic E-state index is -1.26. The van der Waals surface area contributed by atoms with E-state index in [1.165, 1.54) is 18.2 Å². The Hall–Kier alpha value is -3.02. The van der Waals surface area contributed by atoms with Gasteiger partial charge in [-0.05, 0) is 36.8 Å². The van der Waals surface area contributed by atoms with E-state index in [4.69, 9.17) is 5.11 Å². The molecule has 2 aromatic carbocycles. The summed E-state index contributed by atoms with van der Waals surface area (Å²) in [5, 5.41) is 30.4. The van der Waals surface area contributed by atoms with E-state index in [1.807, 2.05) is 0 Å². The van der Waals surface area contributed by atoms with E-state index in [1.54, 1.807) is 19.1 Å². The Morgan fingerprint density at radius 2 is 1.71 bits per heavy atom. The van der Waals surface area contributed by atoms with Crippen LogP contribution in [0.1, 0.15) is 26.3 Å². The summed E-state index contributed by atoms with van der Waals surface area (Å²) < 4.78 is 0. The number of carboxylic acid groups (broad SMARTS) is 1. The normalized spacial score (nSPS) is 10.1. The molecule has 0 spiro atoms. The Bertz CT molecular complexity index is 724. The van der Waals surface area contributed by atoms with Crippen molar-refractivity contribution in [2.24, 2.45) is 0 Å². The number of carbonyl (C=O) groups is 2. The first kappa shape index (κ1) is 14.4. The quantitative estimate of drug-likeness (QED) is 0.693. The molecule has 0 bridgehead atoms. The lowest BCUT2D eigenvalue weighted by Crippen LogP contribution is -2.12. The molecule has 0 aromatic heterocycles.